The van der Waals surface area contributed by atoms with E-state index in [1.54, 1.807) is 11.0 Å². The fourth-order valence-corrected chi connectivity index (χ4v) is 4.44. The summed E-state index contributed by atoms with van der Waals surface area (Å²) in [4.78, 5) is 41.5. The lowest BCUT2D eigenvalue weighted by Gasteiger charge is -2.29. The van der Waals surface area contributed by atoms with Gasteiger partial charge in [0.25, 0.3) is 0 Å². The summed E-state index contributed by atoms with van der Waals surface area (Å²) in [5, 5.41) is 2.79. The molecular formula is C23H30N4O5S. The fraction of sp³-hybridized carbons (Fsp3) is 0.478. The average molecular weight is 475 g/mol. The van der Waals surface area contributed by atoms with Crippen LogP contribution in [0.1, 0.15) is 37.0 Å². The molecule has 0 aliphatic carbocycles. The number of hydrogen-bond acceptors (Lipinski definition) is 6. The van der Waals surface area contributed by atoms with Gasteiger partial charge in [-0.15, -0.1) is 0 Å². The maximum absolute atomic E-state index is 13.2. The van der Waals surface area contributed by atoms with Gasteiger partial charge in [0.05, 0.1) is 20.2 Å². The third kappa shape index (κ3) is 5.27. The number of methoxy groups -OCH3 is 1. The molecule has 2 aliphatic rings. The molecule has 1 saturated heterocycles. The number of thiocarbonyl (C=S) groups is 1. The van der Waals surface area contributed by atoms with Gasteiger partial charge in [-0.3, -0.25) is 9.69 Å². The number of fused-ring (bicyclic) bond motifs is 1. The number of carbonyl (C=O) groups is 3. The van der Waals surface area contributed by atoms with Crippen LogP contribution in [-0.2, 0) is 32.2 Å². The fourth-order valence-electron chi connectivity index (χ4n) is 4.32. The molecular weight excluding hydrogens is 444 g/mol. The number of ether oxygens (including phenoxy) is 2. The molecule has 3 N–H and O–H groups in total. The highest BCUT2D eigenvalue weighted by molar-refractivity contribution is 7.80. The number of nitrogens with one attached hydrogen (secondary N) is 1. The maximum atomic E-state index is 13.2. The van der Waals surface area contributed by atoms with E-state index in [0.717, 1.165) is 16.7 Å². The molecule has 0 saturated carbocycles. The third-order valence-corrected chi connectivity index (χ3v) is 6.13. The Hall–Kier alpha value is -3.14. The van der Waals surface area contributed by atoms with Gasteiger partial charge in [0.15, 0.2) is 5.11 Å². The Kier molecular flexibility index (Phi) is 7.57. The van der Waals surface area contributed by atoms with Crippen molar-refractivity contribution < 1.29 is 23.9 Å². The van der Waals surface area contributed by atoms with E-state index in [4.69, 9.17) is 27.4 Å². The first-order chi connectivity index (χ1) is 15.7. The molecule has 0 aromatic heterocycles. The van der Waals surface area contributed by atoms with E-state index in [1.807, 2.05) is 32.0 Å². The Bertz CT molecular complexity index is 966. The molecule has 1 aromatic rings. The van der Waals surface area contributed by atoms with Gasteiger partial charge >= 0.3 is 12.1 Å². The second-order valence-electron chi connectivity index (χ2n) is 8.55. The molecule has 0 spiro atoms. The van der Waals surface area contributed by atoms with E-state index in [0.29, 0.717) is 13.1 Å². The van der Waals surface area contributed by atoms with Crippen LogP contribution in [0.4, 0.5) is 4.79 Å². The first-order valence-electron chi connectivity index (χ1n) is 10.8. The third-order valence-electron chi connectivity index (χ3n) is 6.01. The summed E-state index contributed by atoms with van der Waals surface area (Å²) >= 11 is 4.90. The molecule has 1 fully saturated rings. The number of likely N-dealkylation sites (tertiary alicyclic amines) is 1. The predicted octanol–water partition coefficient (Wildman–Crippen LogP) is 1.78. The number of nitrogens with zero attached hydrogens (tertiary/aromatic N) is 2. The minimum absolute atomic E-state index is 0.00802. The molecule has 0 bridgehead atoms. The summed E-state index contributed by atoms with van der Waals surface area (Å²) < 4.78 is 10.6. The van der Waals surface area contributed by atoms with Gasteiger partial charge in [0, 0.05) is 13.0 Å². The van der Waals surface area contributed by atoms with Gasteiger partial charge in [0.1, 0.15) is 18.2 Å². The average Bonchev–Trinajstić information content (AvgIpc) is 3.40. The zero-order chi connectivity index (χ0) is 24.3. The summed E-state index contributed by atoms with van der Waals surface area (Å²) in [6, 6.07) is 4.28. The van der Waals surface area contributed by atoms with Crippen LogP contribution < -0.4 is 11.1 Å². The second-order valence-corrected chi connectivity index (χ2v) is 8.99. The van der Waals surface area contributed by atoms with Crippen molar-refractivity contribution >= 4 is 41.4 Å². The molecule has 178 valence electrons. The van der Waals surface area contributed by atoms with E-state index in [-0.39, 0.29) is 29.9 Å². The van der Waals surface area contributed by atoms with Crippen molar-refractivity contribution in [2.24, 2.45) is 11.7 Å². The number of benzene rings is 1. The molecule has 0 radical (unpaired) electrons. The lowest BCUT2D eigenvalue weighted by atomic mass is 10.0. The Morgan fingerprint density at radius 1 is 1.30 bits per heavy atom. The maximum Gasteiger partial charge on any atom is 0.410 e. The van der Waals surface area contributed by atoms with Crippen LogP contribution in [0, 0.1) is 5.92 Å². The summed E-state index contributed by atoms with van der Waals surface area (Å²) in [6.45, 7) is 8.44. The van der Waals surface area contributed by atoms with Crippen molar-refractivity contribution in [1.82, 2.24) is 15.1 Å². The van der Waals surface area contributed by atoms with Crippen LogP contribution in [-0.4, -0.2) is 64.7 Å². The zero-order valence-electron chi connectivity index (χ0n) is 19.1. The first kappa shape index (κ1) is 24.5. The quantitative estimate of drug-likeness (QED) is 0.474. The monoisotopic (exact) mass is 474 g/mol. The Labute approximate surface area is 198 Å². The SMILES string of the molecule is C=Cc1cccc2c1CN(C(=O)O[C@@H]1C[C@@H](C(=O)OC)N(C(=O)[C@@H](NC(N)=S)C(C)C)C1)C2. The lowest BCUT2D eigenvalue weighted by molar-refractivity contribution is -0.151. The summed E-state index contributed by atoms with van der Waals surface area (Å²) in [7, 11) is 1.26. The van der Waals surface area contributed by atoms with Gasteiger partial charge in [-0.2, -0.15) is 0 Å². The van der Waals surface area contributed by atoms with Gasteiger partial charge in [0.2, 0.25) is 5.91 Å². The van der Waals surface area contributed by atoms with Crippen LogP contribution in [0.2, 0.25) is 0 Å². The van der Waals surface area contributed by atoms with Crippen molar-refractivity contribution in [2.45, 2.75) is 51.5 Å². The van der Waals surface area contributed by atoms with Gasteiger partial charge in [-0.25, -0.2) is 9.59 Å². The van der Waals surface area contributed by atoms with Crippen molar-refractivity contribution in [2.75, 3.05) is 13.7 Å². The van der Waals surface area contributed by atoms with E-state index < -0.39 is 30.3 Å². The number of hydrogen-bond donors (Lipinski definition) is 2. The topological polar surface area (TPSA) is 114 Å². The largest absolute Gasteiger partial charge is 0.467 e. The smallest absolute Gasteiger partial charge is 0.410 e. The van der Waals surface area contributed by atoms with Crippen LogP contribution in [0.25, 0.3) is 6.08 Å². The highest BCUT2D eigenvalue weighted by Crippen LogP contribution is 2.29. The second kappa shape index (κ2) is 10.2. The minimum Gasteiger partial charge on any atom is -0.467 e. The van der Waals surface area contributed by atoms with E-state index >= 15 is 0 Å². The van der Waals surface area contributed by atoms with E-state index in [1.165, 1.54) is 12.0 Å². The standard InChI is InChI=1S/C23H30N4O5S/c1-5-14-7-6-8-15-10-26(12-17(14)15)23(30)32-16-9-18(21(29)31-4)27(11-16)20(28)19(13(2)3)25-22(24)33/h5-8,13,16,18-19H,1,9-12H2,2-4H3,(H3,24,25,33)/t16-,18+,19+/m1/s1. The minimum atomic E-state index is -0.863. The van der Waals surface area contributed by atoms with Crippen LogP contribution >= 0.6 is 12.2 Å². The van der Waals surface area contributed by atoms with Crippen molar-refractivity contribution in [3.05, 3.63) is 41.5 Å². The number of amides is 2. The molecule has 2 amide bonds. The first-order valence-corrected chi connectivity index (χ1v) is 11.2. The number of esters is 1. The Balaban J connectivity index is 1.71. The van der Waals surface area contributed by atoms with Crippen LogP contribution in [0.15, 0.2) is 24.8 Å². The van der Waals surface area contributed by atoms with Crippen molar-refractivity contribution in [3.8, 4) is 0 Å². The molecule has 2 heterocycles. The normalized spacial score (nSPS) is 20.2. The molecule has 33 heavy (non-hydrogen) atoms. The van der Waals surface area contributed by atoms with Crippen molar-refractivity contribution in [3.63, 3.8) is 0 Å². The molecule has 3 rings (SSSR count). The molecule has 0 unspecified atom stereocenters. The molecule has 10 heteroatoms. The van der Waals surface area contributed by atoms with Gasteiger partial charge < -0.3 is 25.4 Å². The van der Waals surface area contributed by atoms with Gasteiger partial charge in [-0.05, 0) is 34.8 Å². The summed E-state index contributed by atoms with van der Waals surface area (Å²) in [6.07, 6.45) is 0.777. The molecule has 3 atom stereocenters. The van der Waals surface area contributed by atoms with E-state index in [9.17, 15) is 14.4 Å². The Morgan fingerprint density at radius 2 is 2.03 bits per heavy atom. The van der Waals surface area contributed by atoms with Crippen LogP contribution in [0.5, 0.6) is 0 Å². The van der Waals surface area contributed by atoms with E-state index in [2.05, 4.69) is 11.9 Å². The zero-order valence-corrected chi connectivity index (χ0v) is 19.9. The van der Waals surface area contributed by atoms with Crippen LogP contribution in [0.3, 0.4) is 0 Å². The molecule has 2 aliphatic heterocycles. The van der Waals surface area contributed by atoms with Crippen molar-refractivity contribution in [1.29, 1.82) is 0 Å². The number of rotatable bonds is 6. The predicted molar refractivity (Wildman–Crippen MR) is 127 cm³/mol. The highest BCUT2D eigenvalue weighted by Gasteiger charge is 2.45. The lowest BCUT2D eigenvalue weighted by Crippen LogP contribution is -2.55. The number of nitrogens with two attached hydrogens (primary N) is 1. The molecule has 9 nitrogen and oxygen atoms in total. The van der Waals surface area contributed by atoms with Gasteiger partial charge in [-0.1, -0.05) is 44.7 Å². The highest BCUT2D eigenvalue weighted by atomic mass is 32.1. The Morgan fingerprint density at radius 3 is 2.64 bits per heavy atom. The summed E-state index contributed by atoms with van der Waals surface area (Å²) in [5.41, 5.74) is 8.66. The molecule has 1 aromatic carbocycles. The summed E-state index contributed by atoms with van der Waals surface area (Å²) in [5.74, 6) is -1.05. The number of carbonyl (C=O) groups excluding carboxylic acids is 3.